The number of rotatable bonds is 7. The number of aromatic nitrogens is 4. The van der Waals surface area contributed by atoms with E-state index >= 15 is 0 Å². The summed E-state index contributed by atoms with van der Waals surface area (Å²) in [5.74, 6) is 0.287. The quantitative estimate of drug-likeness (QED) is 0.573. The fourth-order valence-electron chi connectivity index (χ4n) is 2.94. The molecule has 3 rings (SSSR count). The van der Waals surface area contributed by atoms with Crippen LogP contribution in [0.3, 0.4) is 0 Å². The van der Waals surface area contributed by atoms with E-state index in [4.69, 9.17) is 9.15 Å². The van der Waals surface area contributed by atoms with Gasteiger partial charge in [-0.25, -0.2) is 9.48 Å². The number of ether oxygens (including phenoxy) is 1. The summed E-state index contributed by atoms with van der Waals surface area (Å²) in [5, 5.41) is 11.2. The molecule has 0 spiro atoms. The molecule has 9 heteroatoms. The molecule has 1 unspecified atom stereocenters. The summed E-state index contributed by atoms with van der Waals surface area (Å²) in [6, 6.07) is 10.6. The van der Waals surface area contributed by atoms with Crippen molar-refractivity contribution in [1.82, 2.24) is 25.1 Å². The van der Waals surface area contributed by atoms with Gasteiger partial charge >= 0.3 is 5.97 Å². The minimum absolute atomic E-state index is 0.176. The number of hydrogen-bond donors (Lipinski definition) is 0. The average Bonchev–Trinajstić information content (AvgIpc) is 3.35. The van der Waals surface area contributed by atoms with E-state index in [2.05, 4.69) is 15.5 Å². The fraction of sp³-hybridized carbons (Fsp3) is 0.316. The second-order valence-electron chi connectivity index (χ2n) is 6.36. The van der Waals surface area contributed by atoms with E-state index in [1.807, 2.05) is 30.3 Å². The summed E-state index contributed by atoms with van der Waals surface area (Å²) in [4.78, 5) is 26.4. The van der Waals surface area contributed by atoms with Crippen molar-refractivity contribution in [3.63, 3.8) is 0 Å². The maximum atomic E-state index is 13.1. The lowest BCUT2D eigenvalue weighted by molar-refractivity contribution is -0.134. The zero-order valence-corrected chi connectivity index (χ0v) is 15.9. The van der Waals surface area contributed by atoms with Crippen LogP contribution < -0.4 is 0 Å². The second-order valence-corrected chi connectivity index (χ2v) is 6.36. The summed E-state index contributed by atoms with van der Waals surface area (Å²) in [6.45, 7) is 1.88. The average molecular weight is 383 g/mol. The number of nitrogens with zero attached hydrogens (tertiary/aromatic N) is 5. The van der Waals surface area contributed by atoms with Crippen LogP contribution in [0.4, 0.5) is 0 Å². The Balaban J connectivity index is 1.78. The van der Waals surface area contributed by atoms with Crippen LogP contribution in [0, 0.1) is 6.92 Å². The van der Waals surface area contributed by atoms with Crippen LogP contribution in [0.1, 0.15) is 33.5 Å². The lowest BCUT2D eigenvalue weighted by Gasteiger charge is -2.23. The molecule has 0 saturated heterocycles. The maximum absolute atomic E-state index is 13.1. The first-order valence-electron chi connectivity index (χ1n) is 8.68. The van der Waals surface area contributed by atoms with Crippen molar-refractivity contribution in [3.8, 4) is 0 Å². The highest BCUT2D eigenvalue weighted by atomic mass is 16.5. The van der Waals surface area contributed by atoms with Gasteiger partial charge in [-0.05, 0) is 29.0 Å². The smallest absolute Gasteiger partial charge is 0.341 e. The third-order valence-electron chi connectivity index (χ3n) is 4.38. The summed E-state index contributed by atoms with van der Waals surface area (Å²) >= 11 is 0. The van der Waals surface area contributed by atoms with Gasteiger partial charge in [-0.15, -0.1) is 5.10 Å². The molecule has 9 nitrogen and oxygen atoms in total. The number of benzene rings is 1. The Hall–Kier alpha value is -3.49. The summed E-state index contributed by atoms with van der Waals surface area (Å²) < 4.78 is 11.8. The number of esters is 1. The van der Waals surface area contributed by atoms with Gasteiger partial charge < -0.3 is 14.1 Å². The molecule has 3 aromatic rings. The van der Waals surface area contributed by atoms with Crippen molar-refractivity contribution in [2.75, 3.05) is 14.2 Å². The molecular weight excluding hydrogens is 362 g/mol. The Morgan fingerprint density at radius 2 is 2.04 bits per heavy atom. The number of hydrogen-bond acceptors (Lipinski definition) is 7. The largest absolute Gasteiger partial charge is 0.465 e. The zero-order chi connectivity index (χ0) is 20.1. The normalized spacial score (nSPS) is 11.8. The molecule has 1 aromatic carbocycles. The topological polar surface area (TPSA) is 103 Å². The van der Waals surface area contributed by atoms with Crippen LogP contribution in [0.5, 0.6) is 0 Å². The monoisotopic (exact) mass is 383 g/mol. The van der Waals surface area contributed by atoms with Crippen molar-refractivity contribution < 1.29 is 18.7 Å². The summed E-state index contributed by atoms with van der Waals surface area (Å²) in [6.07, 6.45) is 1.87. The van der Waals surface area contributed by atoms with Crippen LogP contribution in [-0.4, -0.2) is 51.1 Å². The fourth-order valence-corrected chi connectivity index (χ4v) is 2.94. The predicted molar refractivity (Wildman–Crippen MR) is 98.3 cm³/mol. The number of tetrazole rings is 1. The molecule has 146 valence electrons. The Kier molecular flexibility index (Phi) is 5.83. The molecule has 0 bridgehead atoms. The van der Waals surface area contributed by atoms with Gasteiger partial charge in [-0.2, -0.15) is 0 Å². The summed E-state index contributed by atoms with van der Waals surface area (Å²) in [7, 11) is 2.98. The zero-order valence-electron chi connectivity index (χ0n) is 15.9. The van der Waals surface area contributed by atoms with Crippen molar-refractivity contribution in [2.45, 2.75) is 25.9 Å². The van der Waals surface area contributed by atoms with Crippen LogP contribution in [0.2, 0.25) is 0 Å². The molecule has 0 saturated carbocycles. The number of carbonyl (C=O) groups is 2. The number of amides is 1. The molecule has 0 aliphatic rings. The Labute approximate surface area is 161 Å². The lowest BCUT2D eigenvalue weighted by Crippen LogP contribution is -2.35. The van der Waals surface area contributed by atoms with Gasteiger partial charge in [-0.3, -0.25) is 4.79 Å². The van der Waals surface area contributed by atoms with Crippen LogP contribution >= 0.6 is 0 Å². The van der Waals surface area contributed by atoms with Gasteiger partial charge in [0.25, 0.3) is 0 Å². The minimum Gasteiger partial charge on any atom is -0.465 e. The van der Waals surface area contributed by atoms with E-state index in [0.717, 1.165) is 5.56 Å². The van der Waals surface area contributed by atoms with Gasteiger partial charge in [0.15, 0.2) is 0 Å². The first kappa shape index (κ1) is 19.3. The third kappa shape index (κ3) is 4.25. The van der Waals surface area contributed by atoms with Crippen molar-refractivity contribution >= 4 is 11.9 Å². The van der Waals surface area contributed by atoms with E-state index in [9.17, 15) is 9.59 Å². The van der Waals surface area contributed by atoms with Gasteiger partial charge in [-0.1, -0.05) is 30.3 Å². The number of carbonyl (C=O) groups excluding carboxylic acids is 2. The van der Waals surface area contributed by atoms with Crippen LogP contribution in [0.15, 0.2) is 47.1 Å². The molecule has 0 radical (unpaired) electrons. The lowest BCUT2D eigenvalue weighted by atomic mass is 10.1. The van der Waals surface area contributed by atoms with Gasteiger partial charge in [0, 0.05) is 13.5 Å². The van der Waals surface area contributed by atoms with Crippen molar-refractivity contribution in [3.05, 3.63) is 65.4 Å². The Morgan fingerprint density at radius 3 is 2.68 bits per heavy atom. The molecule has 1 amide bonds. The van der Waals surface area contributed by atoms with E-state index in [0.29, 0.717) is 23.5 Å². The minimum atomic E-state index is -0.599. The molecule has 0 aliphatic heterocycles. The number of furan rings is 1. The number of methoxy groups -OCH3 is 1. The van der Waals surface area contributed by atoms with Crippen LogP contribution in [-0.2, 0) is 22.5 Å². The molecule has 0 aliphatic carbocycles. The van der Waals surface area contributed by atoms with E-state index in [1.54, 1.807) is 20.0 Å². The Bertz CT molecular complexity index is 937. The molecular formula is C19H21N5O4. The number of likely N-dealkylation sites (N-methyl/N-ethyl adjacent to an activating group) is 1. The molecule has 28 heavy (non-hydrogen) atoms. The maximum Gasteiger partial charge on any atom is 0.341 e. The second kappa shape index (κ2) is 8.47. The first-order valence-corrected chi connectivity index (χ1v) is 8.68. The van der Waals surface area contributed by atoms with Crippen LogP contribution in [0.25, 0.3) is 0 Å². The molecule has 1 atom stereocenters. The van der Waals surface area contributed by atoms with Gasteiger partial charge in [0.05, 0.1) is 13.7 Å². The summed E-state index contributed by atoms with van der Waals surface area (Å²) in [5.41, 5.74) is 1.34. The highest BCUT2D eigenvalue weighted by Crippen LogP contribution is 2.20. The third-order valence-corrected chi connectivity index (χ3v) is 4.38. The standard InChI is InChI=1S/C19H21N5O4/c1-13-16(19(26)27-3)10-15(28-13)11-23(2)18(25)17(24-12-20-21-22-24)9-14-7-5-4-6-8-14/h4-8,10,12,17H,9,11H2,1-3H3. The Morgan fingerprint density at radius 1 is 1.29 bits per heavy atom. The highest BCUT2D eigenvalue weighted by molar-refractivity contribution is 5.90. The van der Waals surface area contributed by atoms with E-state index in [1.165, 1.54) is 23.0 Å². The van der Waals surface area contributed by atoms with Gasteiger partial charge in [0.1, 0.15) is 29.5 Å². The first-order chi connectivity index (χ1) is 13.5. The van der Waals surface area contributed by atoms with Crippen molar-refractivity contribution in [2.24, 2.45) is 0 Å². The molecule has 0 fully saturated rings. The highest BCUT2D eigenvalue weighted by Gasteiger charge is 2.27. The van der Waals surface area contributed by atoms with Crippen molar-refractivity contribution in [1.29, 1.82) is 0 Å². The molecule has 2 aromatic heterocycles. The molecule has 2 heterocycles. The SMILES string of the molecule is COC(=O)c1cc(CN(C)C(=O)C(Cc2ccccc2)n2cnnn2)oc1C. The van der Waals surface area contributed by atoms with E-state index < -0.39 is 12.0 Å². The van der Waals surface area contributed by atoms with Gasteiger partial charge in [0.2, 0.25) is 5.91 Å². The number of aryl methyl sites for hydroxylation is 1. The predicted octanol–water partition coefficient (Wildman–Crippen LogP) is 1.80. The van der Waals surface area contributed by atoms with E-state index in [-0.39, 0.29) is 12.5 Å². The molecule has 0 N–H and O–H groups in total.